The van der Waals surface area contributed by atoms with Gasteiger partial charge in [-0.2, -0.15) is 0 Å². The molecule has 0 aliphatic heterocycles. The lowest BCUT2D eigenvalue weighted by Gasteiger charge is -2.07. The molecule has 0 saturated carbocycles. The molecule has 0 radical (unpaired) electrons. The Balaban J connectivity index is 2.56. The number of rotatable bonds is 4. The van der Waals surface area contributed by atoms with Gasteiger partial charge in [0.05, 0.1) is 12.1 Å². The molecule has 1 aromatic heterocycles. The molecule has 1 unspecified atom stereocenters. The summed E-state index contributed by atoms with van der Waals surface area (Å²) in [5.74, 6) is -1.83. The van der Waals surface area contributed by atoms with Crippen molar-refractivity contribution in [1.29, 1.82) is 0 Å². The smallest absolute Gasteiger partial charge is 0.334 e. The number of aliphatic hydroxyl groups excluding tert-OH is 1. The van der Waals surface area contributed by atoms with E-state index < -0.39 is 18.0 Å². The molecule has 0 aromatic carbocycles. The third-order valence-electron chi connectivity index (χ3n) is 1.88. The maximum atomic E-state index is 11.5. The first-order chi connectivity index (χ1) is 7.50. The van der Waals surface area contributed by atoms with Gasteiger partial charge in [-0.1, -0.05) is 0 Å². The van der Waals surface area contributed by atoms with E-state index in [1.165, 1.54) is 6.20 Å². The van der Waals surface area contributed by atoms with Crippen LogP contribution < -0.4 is 5.32 Å². The Labute approximate surface area is 91.9 Å². The van der Waals surface area contributed by atoms with Crippen LogP contribution in [0.4, 0.5) is 0 Å². The predicted molar refractivity (Wildman–Crippen MR) is 54.9 cm³/mol. The first-order valence-electron chi connectivity index (χ1n) is 4.61. The van der Waals surface area contributed by atoms with Crippen molar-refractivity contribution < 1.29 is 19.8 Å². The van der Waals surface area contributed by atoms with Gasteiger partial charge in [-0.15, -0.1) is 0 Å². The summed E-state index contributed by atoms with van der Waals surface area (Å²) in [6.07, 6.45) is 1.37. The van der Waals surface area contributed by atoms with E-state index in [4.69, 9.17) is 10.2 Å². The van der Waals surface area contributed by atoms with E-state index in [-0.39, 0.29) is 6.54 Å². The molecule has 0 aliphatic rings. The first kappa shape index (κ1) is 12.1. The standard InChI is InChI=1S/C10H12N2O4/c1-6-2-7(4-11-3-6)9(14)12-5-8(13)10(15)16/h2-4,8,13H,5H2,1H3,(H,12,14)(H,15,16). The van der Waals surface area contributed by atoms with Crippen molar-refractivity contribution in [2.75, 3.05) is 6.54 Å². The summed E-state index contributed by atoms with van der Waals surface area (Å²) in [5, 5.41) is 19.6. The van der Waals surface area contributed by atoms with Crippen molar-refractivity contribution in [1.82, 2.24) is 10.3 Å². The Morgan fingerprint density at radius 2 is 2.19 bits per heavy atom. The van der Waals surface area contributed by atoms with Crippen molar-refractivity contribution in [2.24, 2.45) is 0 Å². The van der Waals surface area contributed by atoms with Crippen molar-refractivity contribution in [3.63, 3.8) is 0 Å². The van der Waals surface area contributed by atoms with Gasteiger partial charge in [0.1, 0.15) is 0 Å². The summed E-state index contributed by atoms with van der Waals surface area (Å²) in [5.41, 5.74) is 1.16. The highest BCUT2D eigenvalue weighted by Gasteiger charge is 2.14. The largest absolute Gasteiger partial charge is 0.479 e. The van der Waals surface area contributed by atoms with E-state index in [0.717, 1.165) is 5.56 Å². The average Bonchev–Trinajstić information content (AvgIpc) is 2.25. The summed E-state index contributed by atoms with van der Waals surface area (Å²) in [6.45, 7) is 1.46. The molecule has 1 aromatic rings. The minimum Gasteiger partial charge on any atom is -0.479 e. The number of hydrogen-bond donors (Lipinski definition) is 3. The zero-order valence-corrected chi connectivity index (χ0v) is 8.67. The molecule has 0 fully saturated rings. The fourth-order valence-electron chi connectivity index (χ4n) is 1.06. The number of nitrogens with one attached hydrogen (secondary N) is 1. The summed E-state index contributed by atoms with van der Waals surface area (Å²) in [6, 6.07) is 1.62. The van der Waals surface area contributed by atoms with E-state index in [1.807, 2.05) is 0 Å². The molecule has 6 heteroatoms. The Morgan fingerprint density at radius 3 is 2.75 bits per heavy atom. The van der Waals surface area contributed by atoms with Gasteiger partial charge in [0.2, 0.25) is 0 Å². The van der Waals surface area contributed by atoms with Crippen molar-refractivity contribution in [3.05, 3.63) is 29.6 Å². The number of carbonyl (C=O) groups is 2. The number of hydrogen-bond acceptors (Lipinski definition) is 4. The average molecular weight is 224 g/mol. The molecule has 0 spiro atoms. The SMILES string of the molecule is Cc1cncc(C(=O)NCC(O)C(=O)O)c1. The molecule has 0 bridgehead atoms. The van der Waals surface area contributed by atoms with Crippen molar-refractivity contribution >= 4 is 11.9 Å². The Kier molecular flexibility index (Phi) is 3.96. The third kappa shape index (κ3) is 3.32. The maximum absolute atomic E-state index is 11.5. The van der Waals surface area contributed by atoms with Crippen LogP contribution in [0.3, 0.4) is 0 Å². The zero-order valence-electron chi connectivity index (χ0n) is 8.67. The fourth-order valence-corrected chi connectivity index (χ4v) is 1.06. The second-order valence-electron chi connectivity index (χ2n) is 3.32. The van der Waals surface area contributed by atoms with Crippen LogP contribution in [-0.2, 0) is 4.79 Å². The van der Waals surface area contributed by atoms with Crippen LogP contribution in [0.15, 0.2) is 18.5 Å². The molecule has 6 nitrogen and oxygen atoms in total. The summed E-state index contributed by atoms with van der Waals surface area (Å²) >= 11 is 0. The highest BCUT2D eigenvalue weighted by atomic mass is 16.4. The van der Waals surface area contributed by atoms with E-state index in [9.17, 15) is 9.59 Å². The fraction of sp³-hybridized carbons (Fsp3) is 0.300. The van der Waals surface area contributed by atoms with Crippen LogP contribution in [0, 0.1) is 6.92 Å². The van der Waals surface area contributed by atoms with Gasteiger partial charge in [0.25, 0.3) is 5.91 Å². The molecular formula is C10H12N2O4. The van der Waals surface area contributed by atoms with E-state index in [1.54, 1.807) is 19.2 Å². The molecule has 1 amide bonds. The second-order valence-corrected chi connectivity index (χ2v) is 3.32. The molecule has 86 valence electrons. The van der Waals surface area contributed by atoms with Crippen LogP contribution in [0.2, 0.25) is 0 Å². The second kappa shape index (κ2) is 5.22. The zero-order chi connectivity index (χ0) is 12.1. The lowest BCUT2D eigenvalue weighted by molar-refractivity contribution is -0.146. The number of amides is 1. The number of carboxylic acid groups (broad SMARTS) is 1. The molecule has 0 saturated heterocycles. The van der Waals surface area contributed by atoms with E-state index in [2.05, 4.69) is 10.3 Å². The molecule has 16 heavy (non-hydrogen) atoms. The minimum atomic E-state index is -1.60. The molecule has 1 atom stereocenters. The number of carbonyl (C=O) groups excluding carboxylic acids is 1. The summed E-state index contributed by atoms with van der Waals surface area (Å²) < 4.78 is 0. The lowest BCUT2D eigenvalue weighted by atomic mass is 10.2. The Bertz CT molecular complexity index is 406. The number of nitrogens with zero attached hydrogens (tertiary/aromatic N) is 1. The van der Waals surface area contributed by atoms with E-state index in [0.29, 0.717) is 5.56 Å². The van der Waals surface area contributed by atoms with E-state index >= 15 is 0 Å². The number of carboxylic acids is 1. The van der Waals surface area contributed by atoms with Gasteiger partial charge in [-0.25, -0.2) is 4.79 Å². The molecule has 1 rings (SSSR count). The highest BCUT2D eigenvalue weighted by molar-refractivity contribution is 5.94. The quantitative estimate of drug-likeness (QED) is 0.644. The van der Waals surface area contributed by atoms with Gasteiger partial charge >= 0.3 is 5.97 Å². The van der Waals surface area contributed by atoms with Crippen molar-refractivity contribution in [3.8, 4) is 0 Å². The molecular weight excluding hydrogens is 212 g/mol. The van der Waals surface area contributed by atoms with Gasteiger partial charge in [-0.05, 0) is 18.6 Å². The number of aliphatic carboxylic acids is 1. The number of pyridine rings is 1. The lowest BCUT2D eigenvalue weighted by Crippen LogP contribution is -2.36. The van der Waals surface area contributed by atoms with Gasteiger partial charge in [0.15, 0.2) is 6.10 Å². The van der Waals surface area contributed by atoms with Crippen LogP contribution in [0.25, 0.3) is 0 Å². The minimum absolute atomic E-state index is 0.331. The summed E-state index contributed by atoms with van der Waals surface area (Å²) in [4.78, 5) is 25.6. The monoisotopic (exact) mass is 224 g/mol. The van der Waals surface area contributed by atoms with Crippen LogP contribution in [0.5, 0.6) is 0 Å². The maximum Gasteiger partial charge on any atom is 0.334 e. The van der Waals surface area contributed by atoms with Gasteiger partial charge < -0.3 is 15.5 Å². The Hall–Kier alpha value is -1.95. The summed E-state index contributed by atoms with van der Waals surface area (Å²) in [7, 11) is 0. The predicted octanol–water partition coefficient (Wildman–Crippen LogP) is -0.435. The number of aryl methyl sites for hydroxylation is 1. The van der Waals surface area contributed by atoms with Crippen LogP contribution >= 0.6 is 0 Å². The number of aliphatic hydroxyl groups is 1. The van der Waals surface area contributed by atoms with Crippen molar-refractivity contribution in [2.45, 2.75) is 13.0 Å². The number of aromatic nitrogens is 1. The molecule has 1 heterocycles. The van der Waals surface area contributed by atoms with Crippen LogP contribution in [-0.4, -0.2) is 39.7 Å². The normalized spacial score (nSPS) is 11.9. The Morgan fingerprint density at radius 1 is 1.50 bits per heavy atom. The first-order valence-corrected chi connectivity index (χ1v) is 4.61. The molecule has 0 aliphatic carbocycles. The third-order valence-corrected chi connectivity index (χ3v) is 1.88. The van der Waals surface area contributed by atoms with Gasteiger partial charge in [0, 0.05) is 12.4 Å². The highest BCUT2D eigenvalue weighted by Crippen LogP contribution is 2.00. The topological polar surface area (TPSA) is 99.5 Å². The van der Waals surface area contributed by atoms with Crippen LogP contribution in [0.1, 0.15) is 15.9 Å². The van der Waals surface area contributed by atoms with Gasteiger partial charge in [-0.3, -0.25) is 9.78 Å². The molecule has 3 N–H and O–H groups in total.